The molecule has 0 N–H and O–H groups in total. The van der Waals surface area contributed by atoms with E-state index in [-0.39, 0.29) is 40.0 Å². The standard InChI is InChI=1S/C33H51NO4Si/c1-21(35)25-11-12-26-29-27(14-16-33(25,26)6)32(5)15-13-24(38-39(7,8)31(2,3)4)18-23(32)19-28(29)37-30(36)22-10-9-17-34-20-22/h9-10,17,20,23-29H,11-16,18-19H2,1-8H3/t23-,24+,25+,26-,27-,28+,29-,32-,33+/m0/s1. The van der Waals surface area contributed by atoms with Gasteiger partial charge < -0.3 is 9.16 Å². The van der Waals surface area contributed by atoms with E-state index in [1.54, 1.807) is 31.5 Å². The van der Waals surface area contributed by atoms with Crippen LogP contribution < -0.4 is 0 Å². The summed E-state index contributed by atoms with van der Waals surface area (Å²) in [6.07, 6.45) is 12.0. The van der Waals surface area contributed by atoms with Crippen LogP contribution in [0.1, 0.15) is 103 Å². The van der Waals surface area contributed by atoms with Crippen LogP contribution in [-0.4, -0.2) is 37.3 Å². The van der Waals surface area contributed by atoms with Crippen LogP contribution in [0.15, 0.2) is 24.5 Å². The third-order valence-corrected chi connectivity index (χ3v) is 17.1. The Labute approximate surface area is 237 Å². The van der Waals surface area contributed by atoms with Crippen LogP contribution in [-0.2, 0) is 14.0 Å². The van der Waals surface area contributed by atoms with Crippen molar-refractivity contribution in [1.29, 1.82) is 0 Å². The molecule has 0 radical (unpaired) electrons. The summed E-state index contributed by atoms with van der Waals surface area (Å²) in [4.78, 5) is 30.3. The number of rotatable bonds is 5. The number of ketones is 1. The van der Waals surface area contributed by atoms with Crippen LogP contribution in [0.2, 0.25) is 18.1 Å². The summed E-state index contributed by atoms with van der Waals surface area (Å²) >= 11 is 0. The second-order valence-electron chi connectivity index (χ2n) is 15.5. The van der Waals surface area contributed by atoms with Crippen molar-refractivity contribution in [2.24, 2.45) is 40.4 Å². The summed E-state index contributed by atoms with van der Waals surface area (Å²) in [7, 11) is -1.87. The molecule has 6 heteroatoms. The highest BCUT2D eigenvalue weighted by Gasteiger charge is 2.64. The number of esters is 1. The summed E-state index contributed by atoms with van der Waals surface area (Å²) < 4.78 is 13.5. The predicted octanol–water partition coefficient (Wildman–Crippen LogP) is 7.86. The summed E-state index contributed by atoms with van der Waals surface area (Å²) in [6, 6.07) is 3.60. The highest BCUT2D eigenvalue weighted by Crippen LogP contribution is 2.68. The van der Waals surface area contributed by atoms with E-state index in [1.807, 2.05) is 0 Å². The number of hydrogen-bond acceptors (Lipinski definition) is 5. The largest absolute Gasteiger partial charge is 0.458 e. The molecular weight excluding hydrogens is 502 g/mol. The molecule has 0 saturated heterocycles. The summed E-state index contributed by atoms with van der Waals surface area (Å²) in [5.74, 6) is 1.95. The van der Waals surface area contributed by atoms with E-state index >= 15 is 0 Å². The van der Waals surface area contributed by atoms with Gasteiger partial charge in [-0.05, 0) is 117 Å². The number of carbonyl (C=O) groups excluding carboxylic acids is 2. The maximum atomic E-state index is 13.4. The highest BCUT2D eigenvalue weighted by atomic mass is 28.4. The third-order valence-electron chi connectivity index (χ3n) is 12.5. The van der Waals surface area contributed by atoms with Crippen molar-refractivity contribution in [3.8, 4) is 0 Å². The number of nitrogens with zero attached hydrogens (tertiary/aromatic N) is 1. The Morgan fingerprint density at radius 1 is 1.00 bits per heavy atom. The molecule has 216 valence electrons. The molecule has 4 fully saturated rings. The average molecular weight is 554 g/mol. The molecule has 5 rings (SSSR count). The van der Waals surface area contributed by atoms with Crippen molar-refractivity contribution in [2.75, 3.05) is 0 Å². The van der Waals surface area contributed by atoms with Gasteiger partial charge in [0.1, 0.15) is 11.9 Å². The van der Waals surface area contributed by atoms with E-state index in [0.717, 1.165) is 44.9 Å². The van der Waals surface area contributed by atoms with Crippen molar-refractivity contribution in [1.82, 2.24) is 4.98 Å². The van der Waals surface area contributed by atoms with Crippen LogP contribution >= 0.6 is 0 Å². The molecule has 0 aliphatic heterocycles. The van der Waals surface area contributed by atoms with Gasteiger partial charge in [-0.2, -0.15) is 0 Å². The van der Waals surface area contributed by atoms with Gasteiger partial charge in [-0.25, -0.2) is 4.79 Å². The van der Waals surface area contributed by atoms with Crippen molar-refractivity contribution < 1.29 is 18.8 Å². The molecular formula is C33H51NO4Si. The Hall–Kier alpha value is -1.53. The van der Waals surface area contributed by atoms with E-state index < -0.39 is 8.32 Å². The summed E-state index contributed by atoms with van der Waals surface area (Å²) in [5.41, 5.74) is 0.763. The Bertz CT molecular complexity index is 1080. The normalized spacial score (nSPS) is 40.3. The lowest BCUT2D eigenvalue weighted by Gasteiger charge is -2.63. The number of fused-ring (bicyclic) bond motifs is 5. The first kappa shape index (κ1) is 29.0. The van der Waals surface area contributed by atoms with Crippen LogP contribution in [0.25, 0.3) is 0 Å². The van der Waals surface area contributed by atoms with E-state index in [1.165, 1.54) is 6.42 Å². The maximum Gasteiger partial charge on any atom is 0.339 e. The molecule has 1 aromatic rings. The molecule has 9 atom stereocenters. The smallest absolute Gasteiger partial charge is 0.339 e. The Morgan fingerprint density at radius 2 is 1.69 bits per heavy atom. The quantitative estimate of drug-likeness (QED) is 0.274. The molecule has 0 amide bonds. The first-order chi connectivity index (χ1) is 18.2. The van der Waals surface area contributed by atoms with E-state index in [2.05, 4.69) is 52.7 Å². The topological polar surface area (TPSA) is 65.5 Å². The monoisotopic (exact) mass is 553 g/mol. The fourth-order valence-electron chi connectivity index (χ4n) is 9.34. The van der Waals surface area contributed by atoms with Crippen molar-refractivity contribution in [3.05, 3.63) is 30.1 Å². The first-order valence-electron chi connectivity index (χ1n) is 15.5. The zero-order valence-corrected chi connectivity index (χ0v) is 26.6. The second kappa shape index (κ2) is 10.1. The zero-order valence-electron chi connectivity index (χ0n) is 25.6. The number of hydrogen-bond donors (Lipinski definition) is 0. The molecule has 4 aliphatic carbocycles. The molecule has 1 heterocycles. The lowest BCUT2D eigenvalue weighted by molar-refractivity contribution is -0.174. The van der Waals surface area contributed by atoms with Gasteiger partial charge in [0.05, 0.1) is 5.56 Å². The number of aromatic nitrogens is 1. The fraction of sp³-hybridized carbons (Fsp3) is 0.788. The summed E-state index contributed by atoms with van der Waals surface area (Å²) in [5, 5.41) is 0.191. The van der Waals surface area contributed by atoms with Crippen LogP contribution in [0.3, 0.4) is 0 Å². The van der Waals surface area contributed by atoms with Gasteiger partial charge in [0.15, 0.2) is 8.32 Å². The van der Waals surface area contributed by atoms with Crippen LogP contribution in [0.5, 0.6) is 0 Å². The Morgan fingerprint density at radius 3 is 2.33 bits per heavy atom. The molecule has 1 aromatic heterocycles. The molecule has 4 aliphatic rings. The summed E-state index contributed by atoms with van der Waals surface area (Å²) in [6.45, 7) is 18.4. The van der Waals surface area contributed by atoms with E-state index in [0.29, 0.717) is 35.0 Å². The number of pyridine rings is 1. The van der Waals surface area contributed by atoms with E-state index in [4.69, 9.17) is 9.16 Å². The van der Waals surface area contributed by atoms with Gasteiger partial charge in [-0.15, -0.1) is 0 Å². The zero-order chi connectivity index (χ0) is 28.4. The minimum absolute atomic E-state index is 0.0117. The fourth-order valence-corrected chi connectivity index (χ4v) is 10.7. The van der Waals surface area contributed by atoms with Gasteiger partial charge in [0.25, 0.3) is 0 Å². The lowest BCUT2D eigenvalue weighted by Crippen LogP contribution is -2.60. The number of Topliss-reactive ketones (excluding diaryl/α,β-unsaturated/α-hetero) is 1. The van der Waals surface area contributed by atoms with Crippen molar-refractivity contribution in [3.63, 3.8) is 0 Å². The van der Waals surface area contributed by atoms with Crippen LogP contribution in [0.4, 0.5) is 0 Å². The highest BCUT2D eigenvalue weighted by molar-refractivity contribution is 6.74. The van der Waals surface area contributed by atoms with Gasteiger partial charge in [-0.1, -0.05) is 34.6 Å². The minimum Gasteiger partial charge on any atom is -0.458 e. The third kappa shape index (κ3) is 4.96. The van der Waals surface area contributed by atoms with Crippen molar-refractivity contribution in [2.45, 2.75) is 123 Å². The van der Waals surface area contributed by atoms with E-state index in [9.17, 15) is 9.59 Å². The second-order valence-corrected chi connectivity index (χ2v) is 20.2. The minimum atomic E-state index is -1.87. The molecule has 5 nitrogen and oxygen atoms in total. The first-order valence-corrected chi connectivity index (χ1v) is 18.4. The molecule has 39 heavy (non-hydrogen) atoms. The Kier molecular flexibility index (Phi) is 7.49. The maximum absolute atomic E-state index is 13.4. The molecule has 0 aromatic carbocycles. The SMILES string of the molecule is CC(=O)[C@H]1CC[C@H]2[C@@H]3[C@H](OC(=O)c4cccnc4)C[C@@H]4C[C@H](O[Si](C)(C)C(C)(C)C)CC[C@]4(C)[C@H]3CC[C@]12C. The molecule has 0 spiro atoms. The van der Waals surface area contributed by atoms with Gasteiger partial charge in [0, 0.05) is 30.3 Å². The van der Waals surface area contributed by atoms with Gasteiger partial charge >= 0.3 is 5.97 Å². The lowest BCUT2D eigenvalue weighted by atomic mass is 9.44. The molecule has 0 unspecified atom stereocenters. The van der Waals surface area contributed by atoms with Gasteiger partial charge in [0.2, 0.25) is 0 Å². The van der Waals surface area contributed by atoms with Crippen LogP contribution in [0, 0.1) is 40.4 Å². The molecule has 4 saturated carbocycles. The predicted molar refractivity (Wildman–Crippen MR) is 157 cm³/mol. The van der Waals surface area contributed by atoms with Crippen molar-refractivity contribution >= 4 is 20.1 Å². The Balaban J connectivity index is 1.45. The average Bonchev–Trinajstić information content (AvgIpc) is 3.22. The number of ether oxygens (including phenoxy) is 1. The molecule has 0 bridgehead atoms. The number of carbonyl (C=O) groups is 2. The van der Waals surface area contributed by atoms with Gasteiger partial charge in [-0.3, -0.25) is 9.78 Å².